The first kappa shape index (κ1) is 17.8. The minimum absolute atomic E-state index is 0.565. The summed E-state index contributed by atoms with van der Waals surface area (Å²) in [5.74, 6) is 0. The molecule has 18 heavy (non-hydrogen) atoms. The predicted octanol–water partition coefficient (Wildman–Crippen LogP) is 2.58. The van der Waals surface area contributed by atoms with E-state index < -0.39 is 16.5 Å². The fourth-order valence-corrected chi connectivity index (χ4v) is 2.43. The van der Waals surface area contributed by atoms with Crippen LogP contribution in [-0.4, -0.2) is 19.1 Å². The van der Waals surface area contributed by atoms with Crippen molar-refractivity contribution in [2.24, 2.45) is 5.73 Å². The SMILES string of the molecule is CCCCCCCCCCCC(N)NS(=O)(=O)O. The standard InChI is InChI=1S/C12H28N2O3S/c1-2-3-4-5-6-7-8-9-10-11-12(13)14-18(15,16)17/h12,14H,2-11,13H2,1H3,(H,15,16,17). The number of rotatable bonds is 12. The minimum Gasteiger partial charge on any atom is -0.315 e. The number of nitrogens with one attached hydrogen (secondary N) is 1. The maximum absolute atomic E-state index is 10.5. The Labute approximate surface area is 111 Å². The second-order valence-corrected chi connectivity index (χ2v) is 6.00. The van der Waals surface area contributed by atoms with Gasteiger partial charge in [-0.25, -0.2) is 0 Å². The zero-order chi connectivity index (χ0) is 13.9. The van der Waals surface area contributed by atoms with E-state index in [0.29, 0.717) is 6.42 Å². The van der Waals surface area contributed by atoms with E-state index in [2.05, 4.69) is 6.92 Å². The molecule has 6 heteroatoms. The van der Waals surface area contributed by atoms with E-state index in [1.807, 2.05) is 4.72 Å². The van der Waals surface area contributed by atoms with Crippen molar-refractivity contribution in [1.82, 2.24) is 4.72 Å². The van der Waals surface area contributed by atoms with E-state index in [1.165, 1.54) is 44.9 Å². The summed E-state index contributed by atoms with van der Waals surface area (Å²) >= 11 is 0. The molecule has 0 aromatic carbocycles. The van der Waals surface area contributed by atoms with Gasteiger partial charge in [-0.2, -0.15) is 13.1 Å². The van der Waals surface area contributed by atoms with Crippen molar-refractivity contribution in [2.75, 3.05) is 0 Å². The zero-order valence-electron chi connectivity index (χ0n) is 11.4. The van der Waals surface area contributed by atoms with Gasteiger partial charge in [-0.1, -0.05) is 64.7 Å². The summed E-state index contributed by atoms with van der Waals surface area (Å²) in [5.41, 5.74) is 5.51. The molecule has 0 heterocycles. The normalized spacial score (nSPS) is 13.7. The number of nitrogens with two attached hydrogens (primary N) is 1. The Hall–Kier alpha value is -0.170. The van der Waals surface area contributed by atoms with Gasteiger partial charge in [0.1, 0.15) is 0 Å². The lowest BCUT2D eigenvalue weighted by atomic mass is 10.1. The molecule has 5 nitrogen and oxygen atoms in total. The molecule has 1 atom stereocenters. The molecule has 0 rings (SSSR count). The zero-order valence-corrected chi connectivity index (χ0v) is 12.2. The molecule has 0 bridgehead atoms. The fourth-order valence-electron chi connectivity index (χ4n) is 1.93. The van der Waals surface area contributed by atoms with Gasteiger partial charge in [0, 0.05) is 0 Å². The molecule has 0 amide bonds. The molecular weight excluding hydrogens is 252 g/mol. The number of hydrogen-bond acceptors (Lipinski definition) is 3. The van der Waals surface area contributed by atoms with Gasteiger partial charge in [-0.05, 0) is 6.42 Å². The van der Waals surface area contributed by atoms with Crippen molar-refractivity contribution in [1.29, 1.82) is 0 Å². The summed E-state index contributed by atoms with van der Waals surface area (Å²) < 4.78 is 31.4. The summed E-state index contributed by atoms with van der Waals surface area (Å²) in [6.07, 6.45) is 10.8. The second-order valence-electron chi connectivity index (χ2n) is 4.82. The van der Waals surface area contributed by atoms with Crippen molar-refractivity contribution in [3.8, 4) is 0 Å². The molecule has 0 fully saturated rings. The van der Waals surface area contributed by atoms with Gasteiger partial charge >= 0.3 is 10.3 Å². The molecule has 110 valence electrons. The lowest BCUT2D eigenvalue weighted by Gasteiger charge is -2.10. The van der Waals surface area contributed by atoms with E-state index in [9.17, 15) is 8.42 Å². The van der Waals surface area contributed by atoms with Crippen LogP contribution >= 0.6 is 0 Å². The van der Waals surface area contributed by atoms with E-state index in [0.717, 1.165) is 12.8 Å². The fraction of sp³-hybridized carbons (Fsp3) is 1.00. The Kier molecular flexibility index (Phi) is 10.6. The van der Waals surface area contributed by atoms with Gasteiger partial charge in [-0.15, -0.1) is 0 Å². The smallest absolute Gasteiger partial charge is 0.315 e. The van der Waals surface area contributed by atoms with Gasteiger partial charge in [0.05, 0.1) is 6.17 Å². The van der Waals surface area contributed by atoms with Crippen LogP contribution in [0.1, 0.15) is 71.1 Å². The average Bonchev–Trinajstić information content (AvgIpc) is 2.24. The van der Waals surface area contributed by atoms with Crippen molar-refractivity contribution in [2.45, 2.75) is 77.3 Å². The Bertz CT molecular complexity index is 281. The highest BCUT2D eigenvalue weighted by Crippen LogP contribution is 2.10. The molecule has 0 aromatic heterocycles. The van der Waals surface area contributed by atoms with Crippen molar-refractivity contribution in [3.05, 3.63) is 0 Å². The molecule has 0 radical (unpaired) electrons. The molecule has 4 N–H and O–H groups in total. The lowest BCUT2D eigenvalue weighted by Crippen LogP contribution is -2.40. The summed E-state index contributed by atoms with van der Waals surface area (Å²) in [5, 5.41) is 0. The van der Waals surface area contributed by atoms with Crippen LogP contribution in [0.5, 0.6) is 0 Å². The van der Waals surface area contributed by atoms with Gasteiger partial charge < -0.3 is 5.73 Å². The minimum atomic E-state index is -4.16. The van der Waals surface area contributed by atoms with Crippen LogP contribution in [0.15, 0.2) is 0 Å². The monoisotopic (exact) mass is 280 g/mol. The Morgan fingerprint density at radius 3 is 1.89 bits per heavy atom. The van der Waals surface area contributed by atoms with Crippen LogP contribution in [0, 0.1) is 0 Å². The first-order valence-electron chi connectivity index (χ1n) is 6.96. The summed E-state index contributed by atoms with van der Waals surface area (Å²) in [6.45, 7) is 2.21. The molecule has 1 unspecified atom stereocenters. The third-order valence-corrected chi connectivity index (χ3v) is 3.52. The maximum Gasteiger partial charge on any atom is 0.334 e. The predicted molar refractivity (Wildman–Crippen MR) is 74.5 cm³/mol. The first-order chi connectivity index (χ1) is 8.45. The van der Waals surface area contributed by atoms with Crippen LogP contribution in [0.4, 0.5) is 0 Å². The van der Waals surface area contributed by atoms with E-state index in [4.69, 9.17) is 10.3 Å². The number of unbranched alkanes of at least 4 members (excludes halogenated alkanes) is 8. The van der Waals surface area contributed by atoms with Gasteiger partial charge in [0.15, 0.2) is 0 Å². The second kappa shape index (κ2) is 10.7. The van der Waals surface area contributed by atoms with Gasteiger partial charge in [0.25, 0.3) is 0 Å². The average molecular weight is 280 g/mol. The molecular formula is C12H28N2O3S. The molecule has 0 aliphatic rings. The highest BCUT2D eigenvalue weighted by Gasteiger charge is 2.09. The summed E-state index contributed by atoms with van der Waals surface area (Å²) in [7, 11) is -4.16. The summed E-state index contributed by atoms with van der Waals surface area (Å²) in [4.78, 5) is 0. The van der Waals surface area contributed by atoms with Crippen LogP contribution in [0.3, 0.4) is 0 Å². The van der Waals surface area contributed by atoms with Gasteiger partial charge in [0.2, 0.25) is 0 Å². The maximum atomic E-state index is 10.5. The summed E-state index contributed by atoms with van der Waals surface area (Å²) in [6, 6.07) is 0. The quantitative estimate of drug-likeness (QED) is 0.291. The van der Waals surface area contributed by atoms with Crippen LogP contribution in [0.25, 0.3) is 0 Å². The van der Waals surface area contributed by atoms with Crippen molar-refractivity contribution < 1.29 is 13.0 Å². The Morgan fingerprint density at radius 2 is 1.44 bits per heavy atom. The molecule has 0 aliphatic carbocycles. The molecule has 0 aromatic rings. The largest absolute Gasteiger partial charge is 0.334 e. The van der Waals surface area contributed by atoms with Crippen LogP contribution in [-0.2, 0) is 10.3 Å². The molecule has 0 aliphatic heterocycles. The Balaban J connectivity index is 3.25. The topological polar surface area (TPSA) is 92.4 Å². The van der Waals surface area contributed by atoms with E-state index in [-0.39, 0.29) is 0 Å². The van der Waals surface area contributed by atoms with E-state index in [1.54, 1.807) is 0 Å². The van der Waals surface area contributed by atoms with E-state index >= 15 is 0 Å². The molecule has 0 saturated carbocycles. The highest BCUT2D eigenvalue weighted by atomic mass is 32.2. The van der Waals surface area contributed by atoms with Gasteiger partial charge in [-0.3, -0.25) is 4.55 Å². The lowest BCUT2D eigenvalue weighted by molar-refractivity contribution is 0.439. The first-order valence-corrected chi connectivity index (χ1v) is 8.40. The third-order valence-electron chi connectivity index (χ3n) is 2.92. The van der Waals surface area contributed by atoms with Crippen LogP contribution in [0.2, 0.25) is 0 Å². The third kappa shape index (κ3) is 13.9. The van der Waals surface area contributed by atoms with Crippen LogP contribution < -0.4 is 10.5 Å². The molecule has 0 saturated heterocycles. The highest BCUT2D eigenvalue weighted by molar-refractivity contribution is 7.83. The van der Waals surface area contributed by atoms with Crippen molar-refractivity contribution in [3.63, 3.8) is 0 Å². The number of hydrogen-bond donors (Lipinski definition) is 3. The Morgan fingerprint density at radius 1 is 1.00 bits per heavy atom. The molecule has 0 spiro atoms. The van der Waals surface area contributed by atoms with Crippen molar-refractivity contribution >= 4 is 10.3 Å².